The van der Waals surface area contributed by atoms with Gasteiger partial charge in [0.05, 0.1) is 18.1 Å². The van der Waals surface area contributed by atoms with Crippen molar-refractivity contribution in [3.63, 3.8) is 0 Å². The highest BCUT2D eigenvalue weighted by Crippen LogP contribution is 2.16. The first-order valence-corrected chi connectivity index (χ1v) is 5.22. The third kappa shape index (κ3) is 1.99. The average molecular weight is 252 g/mol. The summed E-state index contributed by atoms with van der Waals surface area (Å²) in [6.45, 7) is 3.59. The number of nitrogens with two attached hydrogens (primary N) is 1. The molecule has 1 amide bonds. The van der Waals surface area contributed by atoms with Gasteiger partial charge in [-0.15, -0.1) is 0 Å². The summed E-state index contributed by atoms with van der Waals surface area (Å²) in [6, 6.07) is 0. The smallest absolute Gasteiger partial charge is 0.267 e. The minimum atomic E-state index is -0.543. The van der Waals surface area contributed by atoms with Crippen molar-refractivity contribution in [1.82, 2.24) is 19.7 Å². The van der Waals surface area contributed by atoms with E-state index < -0.39 is 5.91 Å². The molecule has 7 heteroatoms. The van der Waals surface area contributed by atoms with Gasteiger partial charge in [0.15, 0.2) is 0 Å². The summed E-state index contributed by atoms with van der Waals surface area (Å²) in [4.78, 5) is 19.1. The van der Waals surface area contributed by atoms with Crippen LogP contribution < -0.4 is 5.73 Å². The number of carbonyl (C=O) groups is 1. The molecule has 2 aromatic heterocycles. The van der Waals surface area contributed by atoms with Gasteiger partial charge < -0.3 is 5.73 Å². The zero-order valence-corrected chi connectivity index (χ0v) is 10.1. The number of hydrogen-bond acceptors (Lipinski definition) is 4. The monoisotopic (exact) mass is 251 g/mol. The summed E-state index contributed by atoms with van der Waals surface area (Å²) in [5.41, 5.74) is 7.67. The number of aromatic nitrogens is 4. The number of amides is 1. The van der Waals surface area contributed by atoms with Crippen molar-refractivity contribution in [3.05, 3.63) is 34.6 Å². The van der Waals surface area contributed by atoms with E-state index in [1.807, 2.05) is 0 Å². The van der Waals surface area contributed by atoms with Gasteiger partial charge in [-0.2, -0.15) is 5.10 Å². The molecule has 0 aliphatic heterocycles. The largest absolute Gasteiger partial charge is 0.364 e. The molecule has 0 unspecified atom stereocenters. The molecule has 0 saturated heterocycles. The first-order valence-electron chi connectivity index (χ1n) is 4.84. The molecule has 88 valence electrons. The Kier molecular flexibility index (Phi) is 2.81. The molecule has 2 aromatic rings. The van der Waals surface area contributed by atoms with Gasteiger partial charge in [-0.1, -0.05) is 0 Å². The van der Waals surface area contributed by atoms with Crippen LogP contribution in [0.25, 0.3) is 5.69 Å². The zero-order chi connectivity index (χ0) is 12.6. The molecule has 0 aromatic carbocycles. The quantitative estimate of drug-likeness (QED) is 0.808. The number of primary amides is 1. The van der Waals surface area contributed by atoms with Gasteiger partial charge in [0.25, 0.3) is 5.91 Å². The van der Waals surface area contributed by atoms with E-state index in [0.717, 1.165) is 11.3 Å². The van der Waals surface area contributed by atoms with Crippen molar-refractivity contribution in [2.45, 2.75) is 13.8 Å². The van der Waals surface area contributed by atoms with Crippen LogP contribution in [0.15, 0.2) is 12.4 Å². The average Bonchev–Trinajstić information content (AvgIpc) is 2.56. The second-order valence-electron chi connectivity index (χ2n) is 3.55. The first kappa shape index (κ1) is 11.5. The molecule has 0 fully saturated rings. The summed E-state index contributed by atoms with van der Waals surface area (Å²) in [5, 5.41) is 4.36. The third-order valence-corrected chi connectivity index (χ3v) is 2.64. The van der Waals surface area contributed by atoms with Gasteiger partial charge in [0, 0.05) is 5.56 Å². The SMILES string of the molecule is Cc1nn(-c2cnc(Cl)nc2)c(C(N)=O)c1C. The lowest BCUT2D eigenvalue weighted by atomic mass is 10.2. The lowest BCUT2D eigenvalue weighted by Crippen LogP contribution is -2.18. The highest BCUT2D eigenvalue weighted by molar-refractivity contribution is 6.28. The summed E-state index contributed by atoms with van der Waals surface area (Å²) >= 11 is 5.59. The second-order valence-corrected chi connectivity index (χ2v) is 3.88. The van der Waals surface area contributed by atoms with Crippen LogP contribution in [0.3, 0.4) is 0 Å². The number of hydrogen-bond donors (Lipinski definition) is 1. The Morgan fingerprint density at radius 1 is 1.35 bits per heavy atom. The van der Waals surface area contributed by atoms with Gasteiger partial charge in [-0.05, 0) is 25.4 Å². The molecule has 0 aliphatic carbocycles. The molecule has 0 atom stereocenters. The fraction of sp³-hybridized carbons (Fsp3) is 0.200. The van der Waals surface area contributed by atoms with Crippen molar-refractivity contribution < 1.29 is 4.79 Å². The van der Waals surface area contributed by atoms with Gasteiger partial charge in [0.1, 0.15) is 11.4 Å². The lowest BCUT2D eigenvalue weighted by molar-refractivity contribution is 0.0992. The van der Waals surface area contributed by atoms with Crippen molar-refractivity contribution in [2.24, 2.45) is 5.73 Å². The highest BCUT2D eigenvalue weighted by Gasteiger charge is 2.17. The van der Waals surface area contributed by atoms with E-state index in [-0.39, 0.29) is 5.28 Å². The minimum Gasteiger partial charge on any atom is -0.364 e. The molecule has 0 spiro atoms. The fourth-order valence-corrected chi connectivity index (χ4v) is 1.59. The normalized spacial score (nSPS) is 10.5. The Balaban J connectivity index is 2.63. The second kappa shape index (κ2) is 4.14. The van der Waals surface area contributed by atoms with Crippen LogP contribution >= 0.6 is 11.6 Å². The number of carbonyl (C=O) groups excluding carboxylic acids is 1. The Labute approximate surface area is 102 Å². The molecular weight excluding hydrogens is 242 g/mol. The topological polar surface area (TPSA) is 86.7 Å². The molecule has 6 nitrogen and oxygen atoms in total. The summed E-state index contributed by atoms with van der Waals surface area (Å²) in [6.07, 6.45) is 2.96. The van der Waals surface area contributed by atoms with Crippen LogP contribution in [0.5, 0.6) is 0 Å². The van der Waals surface area contributed by atoms with E-state index in [0.29, 0.717) is 11.4 Å². The van der Waals surface area contributed by atoms with Crippen LogP contribution in [0, 0.1) is 13.8 Å². The van der Waals surface area contributed by atoms with Crippen LogP contribution in [0.1, 0.15) is 21.7 Å². The van der Waals surface area contributed by atoms with E-state index in [1.165, 1.54) is 17.1 Å². The van der Waals surface area contributed by atoms with E-state index in [1.54, 1.807) is 13.8 Å². The maximum atomic E-state index is 11.4. The van der Waals surface area contributed by atoms with Crippen LogP contribution in [0.4, 0.5) is 0 Å². The zero-order valence-electron chi connectivity index (χ0n) is 9.31. The maximum Gasteiger partial charge on any atom is 0.267 e. The van der Waals surface area contributed by atoms with Crippen LogP contribution in [-0.2, 0) is 0 Å². The lowest BCUT2D eigenvalue weighted by Gasteiger charge is -2.04. The minimum absolute atomic E-state index is 0.134. The Bertz CT molecular complexity index is 575. The van der Waals surface area contributed by atoms with Crippen molar-refractivity contribution in [1.29, 1.82) is 0 Å². The van der Waals surface area contributed by atoms with E-state index in [2.05, 4.69) is 15.1 Å². The Hall–Kier alpha value is -1.95. The first-order chi connectivity index (χ1) is 8.00. The molecule has 2 heterocycles. The summed E-state index contributed by atoms with van der Waals surface area (Å²) in [7, 11) is 0. The number of rotatable bonds is 2. The van der Waals surface area contributed by atoms with E-state index in [9.17, 15) is 4.79 Å². The van der Waals surface area contributed by atoms with Crippen molar-refractivity contribution in [3.8, 4) is 5.69 Å². The predicted octanol–water partition coefficient (Wildman–Crippen LogP) is 1.03. The number of nitrogens with zero attached hydrogens (tertiary/aromatic N) is 4. The van der Waals surface area contributed by atoms with Gasteiger partial charge in [0.2, 0.25) is 5.28 Å². The molecular formula is C10H10ClN5O. The summed E-state index contributed by atoms with van der Waals surface area (Å²) in [5.74, 6) is -0.543. The number of halogens is 1. The van der Waals surface area contributed by atoms with Crippen molar-refractivity contribution >= 4 is 17.5 Å². The molecule has 0 saturated carbocycles. The van der Waals surface area contributed by atoms with Gasteiger partial charge in [-0.3, -0.25) is 4.79 Å². The van der Waals surface area contributed by atoms with Gasteiger partial charge >= 0.3 is 0 Å². The van der Waals surface area contributed by atoms with E-state index in [4.69, 9.17) is 17.3 Å². The molecule has 0 bridgehead atoms. The third-order valence-electron chi connectivity index (χ3n) is 2.44. The standard InChI is InChI=1S/C10H10ClN5O/c1-5-6(2)15-16(8(5)9(12)17)7-3-13-10(11)14-4-7/h3-4H,1-2H3,(H2,12,17). The molecule has 2 N–H and O–H groups in total. The Morgan fingerprint density at radius 3 is 2.47 bits per heavy atom. The predicted molar refractivity (Wildman–Crippen MR) is 62.2 cm³/mol. The van der Waals surface area contributed by atoms with Crippen LogP contribution in [-0.4, -0.2) is 25.7 Å². The van der Waals surface area contributed by atoms with Crippen molar-refractivity contribution in [2.75, 3.05) is 0 Å². The van der Waals surface area contributed by atoms with E-state index >= 15 is 0 Å². The maximum absolute atomic E-state index is 11.4. The highest BCUT2D eigenvalue weighted by atomic mass is 35.5. The molecule has 2 rings (SSSR count). The molecule has 0 radical (unpaired) electrons. The van der Waals surface area contributed by atoms with Gasteiger partial charge in [-0.25, -0.2) is 14.6 Å². The Morgan fingerprint density at radius 2 is 1.94 bits per heavy atom. The molecule has 0 aliphatic rings. The number of aryl methyl sites for hydroxylation is 1. The van der Waals surface area contributed by atoms with Crippen LogP contribution in [0.2, 0.25) is 5.28 Å². The fourth-order valence-electron chi connectivity index (χ4n) is 1.50. The summed E-state index contributed by atoms with van der Waals surface area (Å²) < 4.78 is 1.42. The molecule has 17 heavy (non-hydrogen) atoms.